The summed E-state index contributed by atoms with van der Waals surface area (Å²) in [4.78, 5) is 25.7. The quantitative estimate of drug-likeness (QED) is 0.383. The molecule has 0 saturated heterocycles. The van der Waals surface area contributed by atoms with E-state index in [-0.39, 0.29) is 0 Å². The fraction of sp³-hybridized carbons (Fsp3) is 0.250. The number of aryl methyl sites for hydroxylation is 1. The van der Waals surface area contributed by atoms with Crippen LogP contribution in [0, 0.1) is 11.8 Å². The van der Waals surface area contributed by atoms with E-state index in [4.69, 9.17) is 4.74 Å². The Balaban J connectivity index is 1.30. The standard InChI is InChI=1S/C24H20N4O4S2/c1-14(15-6-4-3-5-7-15)32-23(31)25-21-17(26-27-28(21)2)9-8-16-12-18-19(33-16)13-20(34-18)24(10-11-24)22(29)30/h3-7,12-14H,10-11H2,1-2H3,(H,25,31)(H,29,30)/t14-/m1/s1. The third-order valence-electron chi connectivity index (χ3n) is 5.74. The highest BCUT2D eigenvalue weighted by atomic mass is 32.1. The number of nitrogens with zero attached hydrogens (tertiary/aromatic N) is 3. The van der Waals surface area contributed by atoms with Gasteiger partial charge in [-0.3, -0.25) is 10.1 Å². The molecule has 2 N–H and O–H groups in total. The first-order chi connectivity index (χ1) is 16.4. The number of hydrogen-bond acceptors (Lipinski definition) is 7. The fourth-order valence-corrected chi connectivity index (χ4v) is 6.09. The molecule has 0 radical (unpaired) electrons. The van der Waals surface area contributed by atoms with Gasteiger partial charge in [-0.15, -0.1) is 27.8 Å². The van der Waals surface area contributed by atoms with Crippen molar-refractivity contribution in [1.29, 1.82) is 0 Å². The van der Waals surface area contributed by atoms with Gasteiger partial charge in [-0.1, -0.05) is 35.5 Å². The highest BCUT2D eigenvalue weighted by Gasteiger charge is 2.53. The summed E-state index contributed by atoms with van der Waals surface area (Å²) in [5, 5.41) is 20.2. The van der Waals surface area contributed by atoms with Gasteiger partial charge in [-0.25, -0.2) is 9.48 Å². The lowest BCUT2D eigenvalue weighted by Crippen LogP contribution is -2.18. The summed E-state index contributed by atoms with van der Waals surface area (Å²) in [6, 6.07) is 13.4. The molecule has 0 bridgehead atoms. The molecule has 1 aliphatic carbocycles. The highest BCUT2D eigenvalue weighted by molar-refractivity contribution is 7.28. The van der Waals surface area contributed by atoms with Crippen LogP contribution >= 0.6 is 22.7 Å². The van der Waals surface area contributed by atoms with Crippen molar-refractivity contribution in [3.05, 3.63) is 63.5 Å². The van der Waals surface area contributed by atoms with Crippen molar-refractivity contribution >= 4 is 50.0 Å². The number of ether oxygens (including phenoxy) is 1. The SMILES string of the molecule is C[C@@H](OC(=O)Nc1c(C#Cc2cc3sc(C4(C(=O)O)CC4)cc3s2)nnn1C)c1ccccc1. The van der Waals surface area contributed by atoms with Gasteiger partial charge in [0.2, 0.25) is 0 Å². The molecular weight excluding hydrogens is 472 g/mol. The van der Waals surface area contributed by atoms with Gasteiger partial charge in [0.15, 0.2) is 11.5 Å². The predicted molar refractivity (Wildman–Crippen MR) is 130 cm³/mol. The lowest BCUT2D eigenvalue weighted by Gasteiger charge is -2.14. The smallest absolute Gasteiger partial charge is 0.413 e. The van der Waals surface area contributed by atoms with Crippen molar-refractivity contribution in [2.45, 2.75) is 31.3 Å². The van der Waals surface area contributed by atoms with Gasteiger partial charge >= 0.3 is 12.1 Å². The Labute approximate surface area is 203 Å². The van der Waals surface area contributed by atoms with Crippen LogP contribution in [0.2, 0.25) is 0 Å². The van der Waals surface area contributed by atoms with Gasteiger partial charge in [0.05, 0.1) is 4.88 Å². The summed E-state index contributed by atoms with van der Waals surface area (Å²) in [5.74, 6) is 5.64. The Morgan fingerprint density at radius 1 is 1.18 bits per heavy atom. The zero-order valence-corrected chi connectivity index (χ0v) is 20.0. The number of carboxylic acid groups (broad SMARTS) is 1. The first-order valence-electron chi connectivity index (χ1n) is 10.6. The number of hydrogen-bond donors (Lipinski definition) is 2. The number of amides is 1. The zero-order valence-electron chi connectivity index (χ0n) is 18.4. The number of aromatic nitrogens is 3. The highest BCUT2D eigenvalue weighted by Crippen LogP contribution is 2.52. The number of thiophene rings is 2. The Morgan fingerprint density at radius 3 is 2.59 bits per heavy atom. The molecular formula is C24H20N4O4S2. The molecule has 0 spiro atoms. The Kier molecular flexibility index (Phi) is 5.59. The first kappa shape index (κ1) is 22.1. The Morgan fingerprint density at radius 2 is 1.91 bits per heavy atom. The van der Waals surface area contributed by atoms with Crippen LogP contribution < -0.4 is 5.32 Å². The topological polar surface area (TPSA) is 106 Å². The lowest BCUT2D eigenvalue weighted by molar-refractivity contribution is -0.139. The fourth-order valence-electron chi connectivity index (χ4n) is 3.60. The molecule has 4 aromatic rings. The summed E-state index contributed by atoms with van der Waals surface area (Å²) in [6.45, 7) is 1.80. The summed E-state index contributed by atoms with van der Waals surface area (Å²) in [5.41, 5.74) is 0.520. The monoisotopic (exact) mass is 492 g/mol. The van der Waals surface area contributed by atoms with E-state index in [1.807, 2.05) is 42.5 Å². The number of fused-ring (bicyclic) bond motifs is 1. The summed E-state index contributed by atoms with van der Waals surface area (Å²) < 4.78 is 8.94. The van der Waals surface area contributed by atoms with Crippen molar-refractivity contribution in [3.8, 4) is 11.8 Å². The molecule has 0 aliphatic heterocycles. The third-order valence-corrected chi connectivity index (χ3v) is 8.16. The molecule has 3 aromatic heterocycles. The van der Waals surface area contributed by atoms with E-state index >= 15 is 0 Å². The second-order valence-corrected chi connectivity index (χ2v) is 10.2. The number of carbonyl (C=O) groups is 2. The van der Waals surface area contributed by atoms with Crippen molar-refractivity contribution in [2.24, 2.45) is 7.05 Å². The van der Waals surface area contributed by atoms with E-state index in [9.17, 15) is 14.7 Å². The van der Waals surface area contributed by atoms with E-state index in [1.165, 1.54) is 27.4 Å². The van der Waals surface area contributed by atoms with Gasteiger partial charge in [0.25, 0.3) is 0 Å². The van der Waals surface area contributed by atoms with Crippen molar-refractivity contribution in [3.63, 3.8) is 0 Å². The summed E-state index contributed by atoms with van der Waals surface area (Å²) in [7, 11) is 1.66. The minimum atomic E-state index is -0.749. The van der Waals surface area contributed by atoms with Crippen molar-refractivity contribution < 1.29 is 19.4 Å². The van der Waals surface area contributed by atoms with E-state index in [2.05, 4.69) is 27.5 Å². The third kappa shape index (κ3) is 4.16. The van der Waals surface area contributed by atoms with Crippen LogP contribution in [0.5, 0.6) is 0 Å². The van der Waals surface area contributed by atoms with Gasteiger partial charge in [0.1, 0.15) is 11.5 Å². The zero-order chi connectivity index (χ0) is 23.9. The van der Waals surface area contributed by atoms with Crippen LogP contribution in [-0.2, 0) is 22.0 Å². The molecule has 1 aromatic carbocycles. The van der Waals surface area contributed by atoms with Crippen LogP contribution in [-0.4, -0.2) is 32.2 Å². The molecule has 3 heterocycles. The van der Waals surface area contributed by atoms with Crippen LogP contribution in [0.1, 0.15) is 46.9 Å². The second-order valence-electron chi connectivity index (χ2n) is 8.08. The molecule has 1 aliphatic rings. The second kappa shape index (κ2) is 8.59. The van der Waals surface area contributed by atoms with Gasteiger partial charge < -0.3 is 9.84 Å². The average Bonchev–Trinajstić information content (AvgIpc) is 3.26. The summed E-state index contributed by atoms with van der Waals surface area (Å²) >= 11 is 3.02. The molecule has 1 fully saturated rings. The number of aliphatic carboxylic acids is 1. The Hall–Kier alpha value is -3.68. The molecule has 34 heavy (non-hydrogen) atoms. The average molecular weight is 493 g/mol. The maximum absolute atomic E-state index is 12.4. The largest absolute Gasteiger partial charge is 0.481 e. The van der Waals surface area contributed by atoms with Crippen molar-refractivity contribution in [1.82, 2.24) is 15.0 Å². The number of benzene rings is 1. The Bertz CT molecular complexity index is 1420. The normalized spacial score (nSPS) is 14.8. The number of rotatable bonds is 5. The lowest BCUT2D eigenvalue weighted by atomic mass is 10.1. The number of carbonyl (C=O) groups excluding carboxylic acids is 1. The van der Waals surface area contributed by atoms with E-state index < -0.39 is 23.6 Å². The van der Waals surface area contributed by atoms with Crippen LogP contribution in [0.25, 0.3) is 9.40 Å². The molecule has 0 unspecified atom stereocenters. The molecule has 5 rings (SSSR count). The minimum absolute atomic E-state index is 0.326. The number of anilines is 1. The van der Waals surface area contributed by atoms with Crippen LogP contribution in [0.3, 0.4) is 0 Å². The van der Waals surface area contributed by atoms with E-state index in [1.54, 1.807) is 14.0 Å². The van der Waals surface area contributed by atoms with Crippen molar-refractivity contribution in [2.75, 3.05) is 5.32 Å². The molecule has 172 valence electrons. The molecule has 1 saturated carbocycles. The first-order valence-corrected chi connectivity index (χ1v) is 12.2. The van der Waals surface area contributed by atoms with Gasteiger partial charge in [0, 0.05) is 21.3 Å². The maximum Gasteiger partial charge on any atom is 0.413 e. The maximum atomic E-state index is 12.4. The van der Waals surface area contributed by atoms with Crippen LogP contribution in [0.4, 0.5) is 10.6 Å². The molecule has 10 heteroatoms. The van der Waals surface area contributed by atoms with Gasteiger partial charge in [-0.2, -0.15) is 0 Å². The molecule has 8 nitrogen and oxygen atoms in total. The predicted octanol–water partition coefficient (Wildman–Crippen LogP) is 4.92. The number of nitrogens with one attached hydrogen (secondary N) is 1. The van der Waals surface area contributed by atoms with E-state index in [0.717, 1.165) is 24.7 Å². The summed E-state index contributed by atoms with van der Waals surface area (Å²) in [6.07, 6.45) is 0.341. The van der Waals surface area contributed by atoms with E-state index in [0.29, 0.717) is 24.4 Å². The van der Waals surface area contributed by atoms with Gasteiger partial charge in [-0.05, 0) is 49.3 Å². The van der Waals surface area contributed by atoms with Crippen LogP contribution in [0.15, 0.2) is 42.5 Å². The molecule has 1 amide bonds. The number of carboxylic acids is 1. The minimum Gasteiger partial charge on any atom is -0.481 e. The molecule has 1 atom stereocenters.